The van der Waals surface area contributed by atoms with Gasteiger partial charge in [-0.15, -0.1) is 0 Å². The molecule has 0 atom stereocenters. The van der Waals surface area contributed by atoms with E-state index in [1.165, 1.54) is 0 Å². The predicted molar refractivity (Wildman–Crippen MR) is 124 cm³/mol. The minimum absolute atomic E-state index is 0.479. The minimum Gasteiger partial charge on any atom is -0.425 e. The number of aryl methyl sites for hydroxylation is 1. The summed E-state index contributed by atoms with van der Waals surface area (Å²) in [6.45, 7) is 3.20. The molecule has 5 heterocycles. The summed E-state index contributed by atoms with van der Waals surface area (Å²) >= 11 is 0. The average Bonchev–Trinajstić information content (AvgIpc) is 3.51. The van der Waals surface area contributed by atoms with Crippen LogP contribution < -0.4 is 4.74 Å². The van der Waals surface area contributed by atoms with Gasteiger partial charge >= 0.3 is 6.01 Å². The highest BCUT2D eigenvalue weighted by atomic mass is 16.5. The molecular weight excluding hydrogens is 418 g/mol. The van der Waals surface area contributed by atoms with Crippen LogP contribution in [0.2, 0.25) is 0 Å². The van der Waals surface area contributed by atoms with E-state index < -0.39 is 0 Å². The smallest absolute Gasteiger partial charge is 0.304 e. The number of ether oxygens (including phenoxy) is 2. The lowest BCUT2D eigenvalue weighted by atomic mass is 10.2. The van der Waals surface area contributed by atoms with Crippen molar-refractivity contribution < 1.29 is 9.47 Å². The van der Waals surface area contributed by atoms with Gasteiger partial charge in [-0.3, -0.25) is 13.5 Å². The van der Waals surface area contributed by atoms with Crippen LogP contribution in [-0.2, 0) is 11.3 Å². The third-order valence-electron chi connectivity index (χ3n) is 5.67. The van der Waals surface area contributed by atoms with Crippen LogP contribution in [0.25, 0.3) is 33.8 Å². The van der Waals surface area contributed by atoms with E-state index in [0.717, 1.165) is 39.4 Å². The number of methoxy groups -OCH3 is 1. The van der Waals surface area contributed by atoms with E-state index in [4.69, 9.17) is 9.47 Å². The van der Waals surface area contributed by atoms with Gasteiger partial charge in [0.05, 0.1) is 24.4 Å². The maximum absolute atomic E-state index is 6.15. The number of hydrogen-bond acceptors (Lipinski definition) is 6. The van der Waals surface area contributed by atoms with Gasteiger partial charge in [0.2, 0.25) is 5.78 Å². The monoisotopic (exact) mass is 439 g/mol. The maximum Gasteiger partial charge on any atom is 0.304 e. The van der Waals surface area contributed by atoms with Crippen LogP contribution in [0.1, 0.15) is 5.56 Å². The Labute approximate surface area is 188 Å². The highest BCUT2D eigenvalue weighted by molar-refractivity contribution is 5.82. The highest BCUT2D eigenvalue weighted by Crippen LogP contribution is 2.29. The van der Waals surface area contributed by atoms with E-state index in [2.05, 4.69) is 31.3 Å². The Bertz CT molecular complexity index is 1590. The molecular formula is C24H21N7O2. The van der Waals surface area contributed by atoms with E-state index in [1.54, 1.807) is 19.5 Å². The Morgan fingerprint density at radius 1 is 0.909 bits per heavy atom. The van der Waals surface area contributed by atoms with Crippen LogP contribution in [0.4, 0.5) is 0 Å². The summed E-state index contributed by atoms with van der Waals surface area (Å²) in [5.74, 6) is 1.49. The summed E-state index contributed by atoms with van der Waals surface area (Å²) in [5.41, 5.74) is 5.54. The first kappa shape index (κ1) is 19.4. The van der Waals surface area contributed by atoms with Crippen molar-refractivity contribution in [2.75, 3.05) is 13.7 Å². The lowest BCUT2D eigenvalue weighted by molar-refractivity contribution is 0.185. The third kappa shape index (κ3) is 3.13. The Kier molecular flexibility index (Phi) is 4.55. The molecule has 0 aliphatic heterocycles. The number of rotatable bonds is 6. The van der Waals surface area contributed by atoms with E-state index in [0.29, 0.717) is 24.9 Å². The van der Waals surface area contributed by atoms with Crippen molar-refractivity contribution >= 4 is 28.1 Å². The molecule has 0 saturated carbocycles. The molecule has 33 heavy (non-hydrogen) atoms. The van der Waals surface area contributed by atoms with Crippen LogP contribution in [-0.4, -0.2) is 47.2 Å². The van der Waals surface area contributed by atoms with Crippen molar-refractivity contribution in [1.82, 2.24) is 33.5 Å². The Morgan fingerprint density at radius 2 is 1.76 bits per heavy atom. The summed E-state index contributed by atoms with van der Waals surface area (Å²) in [4.78, 5) is 18.2. The second kappa shape index (κ2) is 7.72. The molecule has 0 fully saturated rings. The van der Waals surface area contributed by atoms with Crippen LogP contribution >= 0.6 is 0 Å². The van der Waals surface area contributed by atoms with Gasteiger partial charge in [0.1, 0.15) is 11.3 Å². The first-order valence-electron chi connectivity index (χ1n) is 10.6. The van der Waals surface area contributed by atoms with Crippen molar-refractivity contribution in [3.05, 3.63) is 72.8 Å². The van der Waals surface area contributed by atoms with Crippen molar-refractivity contribution in [2.24, 2.45) is 0 Å². The molecule has 0 N–H and O–H groups in total. The largest absolute Gasteiger partial charge is 0.425 e. The Morgan fingerprint density at radius 3 is 2.61 bits per heavy atom. The van der Waals surface area contributed by atoms with Gasteiger partial charge in [-0.1, -0.05) is 0 Å². The molecule has 0 saturated heterocycles. The lowest BCUT2D eigenvalue weighted by Gasteiger charge is -2.10. The molecule has 5 aromatic heterocycles. The van der Waals surface area contributed by atoms with Gasteiger partial charge in [0, 0.05) is 31.9 Å². The summed E-state index contributed by atoms with van der Waals surface area (Å²) in [6, 6.07) is 14.1. The number of imidazole rings is 3. The summed E-state index contributed by atoms with van der Waals surface area (Å²) in [6.07, 6.45) is 7.33. The molecule has 0 amide bonds. The average molecular weight is 439 g/mol. The standard InChI is InChI=1S/C24H21N7O2/c1-16-9-11-26-22-20(16)29-13-12-27-23(29)31(22)17-5-7-18(8-6-17)33-24-28-19-4-3-10-25-21(19)30(24)14-15-32-2/h3-13H,14-15H2,1-2H3. The molecule has 164 valence electrons. The molecule has 6 aromatic rings. The van der Waals surface area contributed by atoms with E-state index in [9.17, 15) is 0 Å². The molecule has 0 aliphatic carbocycles. The van der Waals surface area contributed by atoms with Crippen LogP contribution in [0.15, 0.2) is 67.3 Å². The Hall–Kier alpha value is -4.24. The Balaban J connectivity index is 1.39. The van der Waals surface area contributed by atoms with E-state index in [1.807, 2.05) is 64.0 Å². The quantitative estimate of drug-likeness (QED) is 0.387. The molecule has 0 spiro atoms. The molecule has 0 unspecified atom stereocenters. The normalized spacial score (nSPS) is 11.7. The number of fused-ring (bicyclic) bond motifs is 4. The second-order valence-electron chi connectivity index (χ2n) is 7.71. The maximum atomic E-state index is 6.15. The molecule has 0 aliphatic rings. The molecule has 0 radical (unpaired) electrons. The van der Waals surface area contributed by atoms with Crippen LogP contribution in [0.3, 0.4) is 0 Å². The van der Waals surface area contributed by atoms with Gasteiger partial charge in [-0.05, 0) is 55.0 Å². The molecule has 1 aromatic carbocycles. The van der Waals surface area contributed by atoms with Gasteiger partial charge in [-0.2, -0.15) is 4.98 Å². The fourth-order valence-corrected chi connectivity index (χ4v) is 4.13. The molecule has 6 rings (SSSR count). The van der Waals surface area contributed by atoms with Crippen molar-refractivity contribution in [3.8, 4) is 17.4 Å². The summed E-state index contributed by atoms with van der Waals surface area (Å²) < 4.78 is 17.4. The lowest BCUT2D eigenvalue weighted by Crippen LogP contribution is -2.06. The molecule has 9 nitrogen and oxygen atoms in total. The van der Waals surface area contributed by atoms with Gasteiger partial charge in [0.15, 0.2) is 11.3 Å². The van der Waals surface area contributed by atoms with Gasteiger partial charge < -0.3 is 9.47 Å². The SMILES string of the molecule is COCCn1c(Oc2ccc(-n3c4nccc(C)c4n4ccnc34)cc2)nc2cccnc21. The van der Waals surface area contributed by atoms with Crippen molar-refractivity contribution in [1.29, 1.82) is 0 Å². The minimum atomic E-state index is 0.479. The fraction of sp³-hybridized carbons (Fsp3) is 0.167. The predicted octanol–water partition coefficient (Wildman–Crippen LogP) is 4.17. The van der Waals surface area contributed by atoms with E-state index >= 15 is 0 Å². The first-order valence-corrected chi connectivity index (χ1v) is 10.6. The number of pyridine rings is 2. The van der Waals surface area contributed by atoms with Crippen molar-refractivity contribution in [3.63, 3.8) is 0 Å². The number of hydrogen-bond donors (Lipinski definition) is 0. The van der Waals surface area contributed by atoms with Gasteiger partial charge in [-0.25, -0.2) is 15.0 Å². The zero-order valence-electron chi connectivity index (χ0n) is 18.2. The van der Waals surface area contributed by atoms with E-state index in [-0.39, 0.29) is 0 Å². The summed E-state index contributed by atoms with van der Waals surface area (Å²) in [5, 5.41) is 0. The third-order valence-corrected chi connectivity index (χ3v) is 5.67. The van der Waals surface area contributed by atoms with Crippen molar-refractivity contribution in [2.45, 2.75) is 13.5 Å². The van der Waals surface area contributed by atoms with Crippen LogP contribution in [0.5, 0.6) is 11.8 Å². The highest BCUT2D eigenvalue weighted by Gasteiger charge is 2.17. The number of aromatic nitrogens is 7. The fourth-order valence-electron chi connectivity index (χ4n) is 4.13. The zero-order valence-corrected chi connectivity index (χ0v) is 18.2. The van der Waals surface area contributed by atoms with Gasteiger partial charge in [0.25, 0.3) is 0 Å². The molecule has 0 bridgehead atoms. The zero-order chi connectivity index (χ0) is 22.4. The first-order chi connectivity index (χ1) is 16.2. The van der Waals surface area contributed by atoms with Crippen LogP contribution in [0, 0.1) is 6.92 Å². The summed E-state index contributed by atoms with van der Waals surface area (Å²) in [7, 11) is 1.67. The number of benzene rings is 1. The topological polar surface area (TPSA) is 84.3 Å². The second-order valence-corrected chi connectivity index (χ2v) is 7.71. The molecule has 9 heteroatoms. The number of nitrogens with zero attached hydrogens (tertiary/aromatic N) is 7.